The van der Waals surface area contributed by atoms with E-state index in [0.717, 1.165) is 36.7 Å². The summed E-state index contributed by atoms with van der Waals surface area (Å²) in [5, 5.41) is 12.7. The molecule has 1 aromatic rings. The van der Waals surface area contributed by atoms with Crippen molar-refractivity contribution in [3.8, 4) is 5.75 Å². The van der Waals surface area contributed by atoms with E-state index in [-0.39, 0.29) is 6.61 Å². The summed E-state index contributed by atoms with van der Waals surface area (Å²) in [5.41, 5.74) is 2.12. The van der Waals surface area contributed by atoms with Gasteiger partial charge in [-0.3, -0.25) is 0 Å². The fourth-order valence-electron chi connectivity index (χ4n) is 2.58. The summed E-state index contributed by atoms with van der Waals surface area (Å²) in [7, 11) is 1.68. The van der Waals surface area contributed by atoms with Crippen molar-refractivity contribution in [2.24, 2.45) is 5.92 Å². The maximum atomic E-state index is 9.29. The second-order valence-corrected chi connectivity index (χ2v) is 4.67. The average Bonchev–Trinajstić information content (AvgIpc) is 2.39. The molecule has 0 atom stereocenters. The number of ether oxygens (including phenoxy) is 1. The lowest BCUT2D eigenvalue weighted by molar-refractivity contribution is 0.272. The molecule has 1 aromatic carbocycles. The molecule has 2 rings (SSSR count). The predicted molar refractivity (Wildman–Crippen MR) is 68.2 cm³/mol. The van der Waals surface area contributed by atoms with E-state index in [4.69, 9.17) is 4.74 Å². The Morgan fingerprint density at radius 1 is 1.29 bits per heavy atom. The van der Waals surface area contributed by atoms with Gasteiger partial charge in [0, 0.05) is 5.56 Å². The molecule has 0 unspecified atom stereocenters. The molecule has 0 aliphatic carbocycles. The molecule has 2 N–H and O–H groups in total. The molecule has 0 bridgehead atoms. The Bertz CT molecular complexity index is 359. The fourth-order valence-corrected chi connectivity index (χ4v) is 2.58. The van der Waals surface area contributed by atoms with Crippen LogP contribution in [0.5, 0.6) is 5.75 Å². The van der Waals surface area contributed by atoms with Crippen LogP contribution in [0.3, 0.4) is 0 Å². The van der Waals surface area contributed by atoms with Gasteiger partial charge in [0.2, 0.25) is 0 Å². The largest absolute Gasteiger partial charge is 0.496 e. The first-order valence-electron chi connectivity index (χ1n) is 6.31. The minimum atomic E-state index is 0.0449. The SMILES string of the molecule is COc1c(CO)cccc1CC1CCNCC1. The van der Waals surface area contributed by atoms with Crippen molar-refractivity contribution in [3.05, 3.63) is 29.3 Å². The zero-order valence-corrected chi connectivity index (χ0v) is 10.4. The summed E-state index contributed by atoms with van der Waals surface area (Å²) in [4.78, 5) is 0. The van der Waals surface area contributed by atoms with Crippen LogP contribution >= 0.6 is 0 Å². The standard InChI is InChI=1S/C14H21NO2/c1-17-14-12(3-2-4-13(14)10-16)9-11-5-7-15-8-6-11/h2-4,11,15-16H,5-10H2,1H3. The summed E-state index contributed by atoms with van der Waals surface area (Å²) in [5.74, 6) is 1.60. The lowest BCUT2D eigenvalue weighted by Gasteiger charge is -2.23. The highest BCUT2D eigenvalue weighted by atomic mass is 16.5. The van der Waals surface area contributed by atoms with Crippen LogP contribution in [0.1, 0.15) is 24.0 Å². The number of hydrogen-bond donors (Lipinski definition) is 2. The van der Waals surface area contributed by atoms with Gasteiger partial charge in [0.25, 0.3) is 0 Å². The highest BCUT2D eigenvalue weighted by Crippen LogP contribution is 2.28. The summed E-state index contributed by atoms with van der Waals surface area (Å²) in [6.07, 6.45) is 3.51. The van der Waals surface area contributed by atoms with E-state index in [1.165, 1.54) is 18.4 Å². The van der Waals surface area contributed by atoms with Gasteiger partial charge >= 0.3 is 0 Å². The molecule has 0 amide bonds. The van der Waals surface area contributed by atoms with E-state index in [9.17, 15) is 5.11 Å². The normalized spacial score (nSPS) is 17.1. The molecule has 3 nitrogen and oxygen atoms in total. The molecular formula is C14H21NO2. The summed E-state index contributed by atoms with van der Waals surface area (Å²) >= 11 is 0. The van der Waals surface area contributed by atoms with Crippen molar-refractivity contribution in [1.82, 2.24) is 5.32 Å². The lowest BCUT2D eigenvalue weighted by Crippen LogP contribution is -2.28. The Morgan fingerprint density at radius 3 is 2.65 bits per heavy atom. The molecule has 3 heteroatoms. The Labute approximate surface area is 103 Å². The van der Waals surface area contributed by atoms with Gasteiger partial charge in [-0.05, 0) is 43.8 Å². The second-order valence-electron chi connectivity index (χ2n) is 4.67. The molecule has 0 saturated carbocycles. The highest BCUT2D eigenvalue weighted by molar-refractivity contribution is 5.41. The number of para-hydroxylation sites is 1. The summed E-state index contributed by atoms with van der Waals surface area (Å²) < 4.78 is 5.43. The highest BCUT2D eigenvalue weighted by Gasteiger charge is 2.16. The first-order valence-corrected chi connectivity index (χ1v) is 6.31. The van der Waals surface area contributed by atoms with Crippen molar-refractivity contribution in [2.45, 2.75) is 25.9 Å². The van der Waals surface area contributed by atoms with E-state index in [0.29, 0.717) is 0 Å². The van der Waals surface area contributed by atoms with Crippen molar-refractivity contribution < 1.29 is 9.84 Å². The number of aliphatic hydroxyl groups excluding tert-OH is 1. The Balaban J connectivity index is 2.13. The van der Waals surface area contributed by atoms with E-state index in [1.54, 1.807) is 7.11 Å². The molecule has 1 aliphatic rings. The molecule has 1 heterocycles. The molecule has 1 saturated heterocycles. The number of benzene rings is 1. The van der Waals surface area contributed by atoms with E-state index in [2.05, 4.69) is 11.4 Å². The third kappa shape index (κ3) is 2.99. The third-order valence-electron chi connectivity index (χ3n) is 3.52. The maximum Gasteiger partial charge on any atom is 0.127 e. The number of piperidine rings is 1. The third-order valence-corrected chi connectivity index (χ3v) is 3.52. The monoisotopic (exact) mass is 235 g/mol. The van der Waals surface area contributed by atoms with E-state index in [1.807, 2.05) is 12.1 Å². The molecule has 0 aromatic heterocycles. The minimum absolute atomic E-state index is 0.0449. The first-order chi connectivity index (χ1) is 8.35. The predicted octanol–water partition coefficient (Wildman–Crippen LogP) is 1.73. The zero-order valence-electron chi connectivity index (χ0n) is 10.4. The molecule has 1 fully saturated rings. The van der Waals surface area contributed by atoms with Gasteiger partial charge in [-0.25, -0.2) is 0 Å². The molecule has 0 spiro atoms. The average molecular weight is 235 g/mol. The minimum Gasteiger partial charge on any atom is -0.496 e. The molecular weight excluding hydrogens is 214 g/mol. The van der Waals surface area contributed by atoms with E-state index < -0.39 is 0 Å². The van der Waals surface area contributed by atoms with Crippen molar-refractivity contribution in [1.29, 1.82) is 0 Å². The van der Waals surface area contributed by atoms with Crippen LogP contribution in [0.15, 0.2) is 18.2 Å². The zero-order chi connectivity index (χ0) is 12.1. The Kier molecular flexibility index (Phi) is 4.40. The molecule has 1 aliphatic heterocycles. The van der Waals surface area contributed by atoms with Crippen LogP contribution in [-0.2, 0) is 13.0 Å². The van der Waals surface area contributed by atoms with Gasteiger partial charge in [0.15, 0.2) is 0 Å². The van der Waals surface area contributed by atoms with Gasteiger partial charge in [0.1, 0.15) is 5.75 Å². The quantitative estimate of drug-likeness (QED) is 0.835. The van der Waals surface area contributed by atoms with Crippen LogP contribution in [0.4, 0.5) is 0 Å². The van der Waals surface area contributed by atoms with Gasteiger partial charge in [-0.15, -0.1) is 0 Å². The van der Waals surface area contributed by atoms with E-state index >= 15 is 0 Å². The van der Waals surface area contributed by atoms with Crippen molar-refractivity contribution in [2.75, 3.05) is 20.2 Å². The number of nitrogens with one attached hydrogen (secondary N) is 1. The Hall–Kier alpha value is -1.06. The summed E-state index contributed by atoms with van der Waals surface area (Å²) in [6.45, 7) is 2.28. The maximum absolute atomic E-state index is 9.29. The van der Waals surface area contributed by atoms with Crippen LogP contribution in [0.25, 0.3) is 0 Å². The van der Waals surface area contributed by atoms with Crippen LogP contribution in [0, 0.1) is 5.92 Å². The summed E-state index contributed by atoms with van der Waals surface area (Å²) in [6, 6.07) is 6.04. The van der Waals surface area contributed by atoms with Gasteiger partial charge in [-0.2, -0.15) is 0 Å². The van der Waals surface area contributed by atoms with Crippen molar-refractivity contribution in [3.63, 3.8) is 0 Å². The number of aliphatic hydroxyl groups is 1. The smallest absolute Gasteiger partial charge is 0.127 e. The van der Waals surface area contributed by atoms with Crippen molar-refractivity contribution >= 4 is 0 Å². The first kappa shape index (κ1) is 12.4. The number of methoxy groups -OCH3 is 1. The second kappa shape index (κ2) is 6.03. The molecule has 94 valence electrons. The topological polar surface area (TPSA) is 41.5 Å². The number of rotatable bonds is 4. The number of hydrogen-bond acceptors (Lipinski definition) is 3. The Morgan fingerprint density at radius 2 is 2.00 bits per heavy atom. The molecule has 0 radical (unpaired) electrons. The van der Waals surface area contributed by atoms with Crippen LogP contribution < -0.4 is 10.1 Å². The van der Waals surface area contributed by atoms with Crippen LogP contribution in [0.2, 0.25) is 0 Å². The fraction of sp³-hybridized carbons (Fsp3) is 0.571. The lowest BCUT2D eigenvalue weighted by atomic mass is 9.90. The van der Waals surface area contributed by atoms with Gasteiger partial charge in [0.05, 0.1) is 13.7 Å². The molecule has 17 heavy (non-hydrogen) atoms. The van der Waals surface area contributed by atoms with Crippen LogP contribution in [-0.4, -0.2) is 25.3 Å². The van der Waals surface area contributed by atoms with Gasteiger partial charge in [-0.1, -0.05) is 18.2 Å². The van der Waals surface area contributed by atoms with Gasteiger partial charge < -0.3 is 15.2 Å².